The molecule has 0 atom stereocenters. The Bertz CT molecular complexity index is 658. The van der Waals surface area contributed by atoms with Crippen molar-refractivity contribution >= 4 is 17.3 Å². The van der Waals surface area contributed by atoms with Crippen molar-refractivity contribution in [1.29, 1.82) is 5.26 Å². The maximum atomic E-state index is 9.26. The highest BCUT2D eigenvalue weighted by atomic mass is 35.5. The summed E-state index contributed by atoms with van der Waals surface area (Å²) in [6.45, 7) is 1.76. The number of anilines is 1. The molecular weight excluding hydrogens is 256 g/mol. The number of benzene rings is 2. The van der Waals surface area contributed by atoms with Crippen LogP contribution in [0.4, 0.5) is 5.69 Å². The normalized spacial score (nSPS) is 13.8. The lowest BCUT2D eigenvalue weighted by atomic mass is 9.99. The molecule has 3 rings (SSSR count). The summed E-state index contributed by atoms with van der Waals surface area (Å²) in [6, 6.07) is 16.3. The maximum absolute atomic E-state index is 9.26. The van der Waals surface area contributed by atoms with Crippen LogP contribution >= 0.6 is 11.6 Å². The average molecular weight is 269 g/mol. The van der Waals surface area contributed by atoms with Gasteiger partial charge in [-0.2, -0.15) is 5.26 Å². The average Bonchev–Trinajstić information content (AvgIpc) is 2.46. The van der Waals surface area contributed by atoms with E-state index < -0.39 is 0 Å². The summed E-state index contributed by atoms with van der Waals surface area (Å²) < 4.78 is 0. The van der Waals surface area contributed by atoms with Gasteiger partial charge in [-0.05, 0) is 29.7 Å². The van der Waals surface area contributed by atoms with Crippen molar-refractivity contribution in [2.45, 2.75) is 13.0 Å². The van der Waals surface area contributed by atoms with Gasteiger partial charge in [0, 0.05) is 13.1 Å². The molecule has 19 heavy (non-hydrogen) atoms. The zero-order valence-electron chi connectivity index (χ0n) is 10.4. The van der Waals surface area contributed by atoms with E-state index in [0.717, 1.165) is 25.2 Å². The number of nitriles is 1. The van der Waals surface area contributed by atoms with Gasteiger partial charge in [0.1, 0.15) is 6.07 Å². The summed E-state index contributed by atoms with van der Waals surface area (Å²) in [6.07, 6.45) is 1.01. The van der Waals surface area contributed by atoms with Gasteiger partial charge in [0.05, 0.1) is 16.3 Å². The van der Waals surface area contributed by atoms with Crippen molar-refractivity contribution in [3.8, 4) is 6.07 Å². The minimum absolute atomic E-state index is 0.527. The van der Waals surface area contributed by atoms with Crippen LogP contribution in [0.25, 0.3) is 0 Å². The van der Waals surface area contributed by atoms with Crippen LogP contribution in [0.2, 0.25) is 5.02 Å². The molecule has 1 aliphatic rings. The molecule has 0 bridgehead atoms. The fraction of sp³-hybridized carbons (Fsp3) is 0.188. The van der Waals surface area contributed by atoms with Gasteiger partial charge in [-0.3, -0.25) is 0 Å². The molecule has 2 aromatic carbocycles. The van der Waals surface area contributed by atoms with Crippen molar-refractivity contribution in [1.82, 2.24) is 0 Å². The molecular formula is C16H13ClN2. The third-order valence-electron chi connectivity index (χ3n) is 3.57. The standard InChI is InChI=1S/C16H13ClN2/c17-15-6-3-7-16(14(15)10-18)19-9-8-12-4-1-2-5-13(12)11-19/h1-7H,8-9,11H2. The summed E-state index contributed by atoms with van der Waals surface area (Å²) in [5.74, 6) is 0. The van der Waals surface area contributed by atoms with E-state index in [-0.39, 0.29) is 0 Å². The topological polar surface area (TPSA) is 27.0 Å². The van der Waals surface area contributed by atoms with Gasteiger partial charge in [-0.25, -0.2) is 0 Å². The molecule has 0 amide bonds. The molecule has 1 heterocycles. The lowest BCUT2D eigenvalue weighted by Gasteiger charge is -2.31. The first-order valence-corrected chi connectivity index (χ1v) is 6.68. The number of rotatable bonds is 1. The Hall–Kier alpha value is -1.98. The maximum Gasteiger partial charge on any atom is 0.103 e. The Morgan fingerprint density at radius 3 is 2.63 bits per heavy atom. The molecule has 2 nitrogen and oxygen atoms in total. The van der Waals surface area contributed by atoms with Crippen molar-refractivity contribution in [3.05, 3.63) is 64.2 Å². The molecule has 0 aromatic heterocycles. The molecule has 94 valence electrons. The van der Waals surface area contributed by atoms with Crippen LogP contribution in [0.15, 0.2) is 42.5 Å². The SMILES string of the molecule is N#Cc1c(Cl)cccc1N1CCc2ccccc2C1. The Morgan fingerprint density at radius 2 is 1.84 bits per heavy atom. The van der Waals surface area contributed by atoms with Crippen LogP contribution in [0.5, 0.6) is 0 Å². The van der Waals surface area contributed by atoms with Crippen LogP contribution < -0.4 is 4.90 Å². The first kappa shape index (κ1) is 12.1. The van der Waals surface area contributed by atoms with E-state index >= 15 is 0 Å². The molecule has 0 saturated heterocycles. The van der Waals surface area contributed by atoms with Crippen LogP contribution in [-0.4, -0.2) is 6.54 Å². The largest absolute Gasteiger partial charge is 0.366 e. The van der Waals surface area contributed by atoms with E-state index in [1.54, 1.807) is 6.07 Å². The number of hydrogen-bond donors (Lipinski definition) is 0. The summed E-state index contributed by atoms with van der Waals surface area (Å²) in [7, 11) is 0. The van der Waals surface area contributed by atoms with E-state index in [0.29, 0.717) is 10.6 Å². The van der Waals surface area contributed by atoms with E-state index in [9.17, 15) is 5.26 Å². The molecule has 0 N–H and O–H groups in total. The highest BCUT2D eigenvalue weighted by Crippen LogP contribution is 2.30. The molecule has 0 unspecified atom stereocenters. The van der Waals surface area contributed by atoms with Crippen LogP contribution in [0, 0.1) is 11.3 Å². The van der Waals surface area contributed by atoms with Crippen molar-refractivity contribution in [2.75, 3.05) is 11.4 Å². The Balaban J connectivity index is 1.98. The number of halogens is 1. The van der Waals surface area contributed by atoms with Gasteiger partial charge >= 0.3 is 0 Å². The number of fused-ring (bicyclic) bond motifs is 1. The molecule has 3 heteroatoms. The second-order valence-corrected chi connectivity index (χ2v) is 5.09. The van der Waals surface area contributed by atoms with E-state index in [4.69, 9.17) is 11.6 Å². The van der Waals surface area contributed by atoms with Gasteiger partial charge in [0.25, 0.3) is 0 Å². The monoisotopic (exact) mass is 268 g/mol. The van der Waals surface area contributed by atoms with E-state index in [1.807, 2.05) is 12.1 Å². The fourth-order valence-electron chi connectivity index (χ4n) is 2.59. The zero-order valence-corrected chi connectivity index (χ0v) is 11.2. The lowest BCUT2D eigenvalue weighted by Crippen LogP contribution is -2.30. The van der Waals surface area contributed by atoms with Crippen LogP contribution in [-0.2, 0) is 13.0 Å². The summed E-state index contributed by atoms with van der Waals surface area (Å²) in [5.41, 5.74) is 4.24. The predicted octanol–water partition coefficient (Wildman–Crippen LogP) is 3.77. The van der Waals surface area contributed by atoms with Crippen molar-refractivity contribution < 1.29 is 0 Å². The minimum atomic E-state index is 0.527. The molecule has 1 aliphatic heterocycles. The fourth-order valence-corrected chi connectivity index (χ4v) is 2.80. The molecule has 2 aromatic rings. The van der Waals surface area contributed by atoms with Gasteiger partial charge in [0.15, 0.2) is 0 Å². The molecule has 0 aliphatic carbocycles. The van der Waals surface area contributed by atoms with Gasteiger partial charge in [-0.15, -0.1) is 0 Å². The Labute approximate surface area is 117 Å². The van der Waals surface area contributed by atoms with Gasteiger partial charge in [-0.1, -0.05) is 41.9 Å². The number of hydrogen-bond acceptors (Lipinski definition) is 2. The second-order valence-electron chi connectivity index (χ2n) is 4.69. The number of nitrogens with zero attached hydrogens (tertiary/aromatic N) is 2. The molecule has 0 saturated carbocycles. The van der Waals surface area contributed by atoms with E-state index in [1.165, 1.54) is 11.1 Å². The highest BCUT2D eigenvalue weighted by Gasteiger charge is 2.19. The summed E-state index contributed by atoms with van der Waals surface area (Å²) in [5, 5.41) is 9.79. The minimum Gasteiger partial charge on any atom is -0.366 e. The third-order valence-corrected chi connectivity index (χ3v) is 3.89. The summed E-state index contributed by atoms with van der Waals surface area (Å²) >= 11 is 6.10. The Morgan fingerprint density at radius 1 is 1.05 bits per heavy atom. The Kier molecular flexibility index (Phi) is 3.15. The highest BCUT2D eigenvalue weighted by molar-refractivity contribution is 6.32. The molecule has 0 spiro atoms. The summed E-state index contributed by atoms with van der Waals surface area (Å²) in [4.78, 5) is 2.23. The van der Waals surface area contributed by atoms with Gasteiger partial charge in [0.2, 0.25) is 0 Å². The van der Waals surface area contributed by atoms with Gasteiger partial charge < -0.3 is 4.90 Å². The zero-order chi connectivity index (χ0) is 13.2. The molecule has 0 radical (unpaired) electrons. The van der Waals surface area contributed by atoms with Crippen molar-refractivity contribution in [3.63, 3.8) is 0 Å². The van der Waals surface area contributed by atoms with E-state index in [2.05, 4.69) is 35.2 Å². The smallest absolute Gasteiger partial charge is 0.103 e. The third kappa shape index (κ3) is 2.18. The van der Waals surface area contributed by atoms with Crippen LogP contribution in [0.3, 0.4) is 0 Å². The predicted molar refractivity (Wildman–Crippen MR) is 77.4 cm³/mol. The first-order chi connectivity index (χ1) is 9.29. The van der Waals surface area contributed by atoms with Crippen LogP contribution in [0.1, 0.15) is 16.7 Å². The molecule has 0 fully saturated rings. The second kappa shape index (κ2) is 4.95. The lowest BCUT2D eigenvalue weighted by molar-refractivity contribution is 0.731. The quantitative estimate of drug-likeness (QED) is 0.787. The van der Waals surface area contributed by atoms with Crippen molar-refractivity contribution in [2.24, 2.45) is 0 Å². The first-order valence-electron chi connectivity index (χ1n) is 6.30.